The minimum atomic E-state index is -0.423. The maximum Gasteiger partial charge on any atom is 0.190 e. The van der Waals surface area contributed by atoms with Gasteiger partial charge in [-0.15, -0.1) is 5.10 Å². The molecule has 1 rings (SSSR count). The van der Waals surface area contributed by atoms with Gasteiger partial charge in [-0.25, -0.2) is 0 Å². The van der Waals surface area contributed by atoms with E-state index >= 15 is 0 Å². The molecular weight excluding hydrogens is 220 g/mol. The number of aromatic nitrogens is 2. The second kappa shape index (κ2) is 6.09. The molecule has 0 aliphatic rings. The molecule has 0 aliphatic heterocycles. The molecule has 1 heterocycles. The maximum absolute atomic E-state index is 9.43. The van der Waals surface area contributed by atoms with Crippen molar-refractivity contribution in [1.82, 2.24) is 9.89 Å². The minimum absolute atomic E-state index is 0.391. The van der Waals surface area contributed by atoms with Crippen LogP contribution in [0.25, 0.3) is 0 Å². The van der Waals surface area contributed by atoms with Crippen LogP contribution >= 0.6 is 0 Å². The molecule has 0 aromatic carbocycles. The molecule has 7 nitrogen and oxygen atoms in total. The molecule has 5 N–H and O–H groups in total. The summed E-state index contributed by atoms with van der Waals surface area (Å²) in [7, 11) is 0. The maximum atomic E-state index is 9.43. The van der Waals surface area contributed by atoms with E-state index < -0.39 is 6.10 Å². The lowest BCUT2D eigenvalue weighted by Crippen LogP contribution is -2.37. The Balaban J connectivity index is 2.98. The molecule has 0 amide bonds. The fourth-order valence-corrected chi connectivity index (χ4v) is 1.58. The van der Waals surface area contributed by atoms with Crippen LogP contribution in [0.2, 0.25) is 0 Å². The fraction of sp³-hybridized carbons (Fsp3) is 0.600. The number of rotatable bonds is 5. The van der Waals surface area contributed by atoms with Crippen LogP contribution in [-0.4, -0.2) is 34.2 Å². The number of nitrogen functional groups attached to an aromatic ring is 1. The topological polar surface area (TPSA) is 106 Å². The third-order valence-electron chi connectivity index (χ3n) is 2.26. The van der Waals surface area contributed by atoms with Crippen LogP contribution in [0.15, 0.2) is 17.2 Å². The zero-order valence-corrected chi connectivity index (χ0v) is 10.2. The van der Waals surface area contributed by atoms with Gasteiger partial charge < -0.3 is 21.7 Å². The molecule has 0 fully saturated rings. The first kappa shape index (κ1) is 13.3. The van der Waals surface area contributed by atoms with E-state index in [1.54, 1.807) is 19.1 Å². The molecule has 0 spiro atoms. The van der Waals surface area contributed by atoms with E-state index in [4.69, 9.17) is 11.7 Å². The van der Waals surface area contributed by atoms with Gasteiger partial charge in [0.2, 0.25) is 0 Å². The Morgan fingerprint density at radius 1 is 1.59 bits per heavy atom. The average molecular weight is 240 g/mol. The highest BCUT2D eigenvalue weighted by Gasteiger charge is 2.10. The number of nitrogens with zero attached hydrogens (tertiary/aromatic N) is 4. The summed E-state index contributed by atoms with van der Waals surface area (Å²) in [5, 5.41) is 17.1. The standard InChI is InChI=1S/C10H20N6O/c1-3-6-15(7-8(2)17)10-5-4-9(13-11)16(12)14-10/h4-5,8,17H,3,6-7,11-12H2,1-2H3/b13-9-. The summed E-state index contributed by atoms with van der Waals surface area (Å²) in [5.74, 6) is 11.5. The predicted octanol–water partition coefficient (Wildman–Crippen LogP) is -1.03. The lowest BCUT2D eigenvalue weighted by Gasteiger charge is -2.24. The van der Waals surface area contributed by atoms with Crippen LogP contribution in [0.1, 0.15) is 20.3 Å². The highest BCUT2D eigenvalue weighted by atomic mass is 16.3. The molecule has 0 saturated carbocycles. The second-order valence-corrected chi connectivity index (χ2v) is 3.92. The first-order valence-corrected chi connectivity index (χ1v) is 5.60. The van der Waals surface area contributed by atoms with Crippen LogP contribution in [0, 0.1) is 0 Å². The van der Waals surface area contributed by atoms with Gasteiger partial charge in [0.05, 0.1) is 6.10 Å². The largest absolute Gasteiger partial charge is 0.392 e. The number of nitrogens with two attached hydrogens (primary N) is 2. The molecule has 17 heavy (non-hydrogen) atoms. The molecule has 1 aromatic rings. The Morgan fingerprint density at radius 2 is 2.29 bits per heavy atom. The second-order valence-electron chi connectivity index (χ2n) is 3.92. The molecule has 1 atom stereocenters. The molecule has 1 unspecified atom stereocenters. The van der Waals surface area contributed by atoms with E-state index in [1.165, 1.54) is 0 Å². The van der Waals surface area contributed by atoms with Gasteiger partial charge in [-0.3, -0.25) is 0 Å². The number of aliphatic hydroxyl groups is 1. The van der Waals surface area contributed by atoms with Gasteiger partial charge in [-0.2, -0.15) is 9.89 Å². The van der Waals surface area contributed by atoms with Crippen molar-refractivity contribution in [2.24, 2.45) is 10.9 Å². The number of anilines is 1. The third kappa shape index (κ3) is 3.63. The smallest absolute Gasteiger partial charge is 0.190 e. The molecule has 7 heteroatoms. The van der Waals surface area contributed by atoms with E-state index in [0.717, 1.165) is 17.8 Å². The van der Waals surface area contributed by atoms with Gasteiger partial charge in [0.25, 0.3) is 0 Å². The molecule has 96 valence electrons. The van der Waals surface area contributed by atoms with Crippen molar-refractivity contribution in [1.29, 1.82) is 0 Å². The van der Waals surface area contributed by atoms with Crippen molar-refractivity contribution in [2.45, 2.75) is 26.4 Å². The summed E-state index contributed by atoms with van der Waals surface area (Å²) in [6.07, 6.45) is 0.538. The summed E-state index contributed by atoms with van der Waals surface area (Å²) in [6.45, 7) is 5.12. The van der Waals surface area contributed by atoms with E-state index in [9.17, 15) is 5.11 Å². The van der Waals surface area contributed by atoms with Gasteiger partial charge in [-0.1, -0.05) is 6.92 Å². The first-order valence-electron chi connectivity index (χ1n) is 5.60. The van der Waals surface area contributed by atoms with Crippen molar-refractivity contribution >= 4 is 5.82 Å². The molecule has 0 bridgehead atoms. The summed E-state index contributed by atoms with van der Waals surface area (Å²) >= 11 is 0. The van der Waals surface area contributed by atoms with Crippen LogP contribution in [-0.2, 0) is 0 Å². The van der Waals surface area contributed by atoms with Gasteiger partial charge in [0, 0.05) is 13.1 Å². The highest BCUT2D eigenvalue weighted by Crippen LogP contribution is 2.08. The third-order valence-corrected chi connectivity index (χ3v) is 2.26. The average Bonchev–Trinajstić information content (AvgIpc) is 2.28. The summed E-state index contributed by atoms with van der Waals surface area (Å²) in [4.78, 5) is 3.09. The van der Waals surface area contributed by atoms with Gasteiger partial charge >= 0.3 is 0 Å². The van der Waals surface area contributed by atoms with Crippen molar-refractivity contribution in [3.05, 3.63) is 17.6 Å². The normalized spacial score (nSPS) is 13.7. The minimum Gasteiger partial charge on any atom is -0.392 e. The number of hydrogen-bond acceptors (Lipinski definition) is 6. The van der Waals surface area contributed by atoms with Gasteiger partial charge in [0.15, 0.2) is 11.3 Å². The predicted molar refractivity (Wildman–Crippen MR) is 66.3 cm³/mol. The summed E-state index contributed by atoms with van der Waals surface area (Å²) in [5.41, 5.74) is 0.391. The number of hydrogen-bond donors (Lipinski definition) is 3. The molecule has 1 aromatic heterocycles. The SMILES string of the molecule is CCCN(CC(C)O)c1cc/c(=N/N)n(N)n1. The van der Waals surface area contributed by atoms with Crippen LogP contribution in [0.5, 0.6) is 0 Å². The Hall–Kier alpha value is -1.76. The van der Waals surface area contributed by atoms with Gasteiger partial charge in [-0.05, 0) is 25.5 Å². The number of aliphatic hydroxyl groups excluding tert-OH is 1. The molecule has 0 saturated heterocycles. The Kier molecular flexibility index (Phi) is 4.77. The van der Waals surface area contributed by atoms with Crippen molar-refractivity contribution in [2.75, 3.05) is 23.8 Å². The van der Waals surface area contributed by atoms with Crippen LogP contribution in [0.4, 0.5) is 5.82 Å². The summed E-state index contributed by atoms with van der Waals surface area (Å²) < 4.78 is 0. The molecular formula is C10H20N6O. The fourth-order valence-electron chi connectivity index (χ4n) is 1.58. The van der Waals surface area contributed by atoms with Crippen molar-refractivity contribution in [3.63, 3.8) is 0 Å². The Morgan fingerprint density at radius 3 is 2.76 bits per heavy atom. The van der Waals surface area contributed by atoms with E-state index in [1.807, 2.05) is 4.90 Å². The Bertz CT molecular complexity index is 414. The first-order chi connectivity index (χ1) is 8.08. The lowest BCUT2D eigenvalue weighted by molar-refractivity contribution is 0.199. The van der Waals surface area contributed by atoms with E-state index in [-0.39, 0.29) is 0 Å². The van der Waals surface area contributed by atoms with Crippen molar-refractivity contribution in [3.8, 4) is 0 Å². The summed E-state index contributed by atoms with van der Waals surface area (Å²) in [6, 6.07) is 3.47. The Labute approximate surface area is 100 Å². The lowest BCUT2D eigenvalue weighted by atomic mass is 10.3. The zero-order chi connectivity index (χ0) is 12.8. The van der Waals surface area contributed by atoms with E-state index in [0.29, 0.717) is 17.9 Å². The van der Waals surface area contributed by atoms with Crippen LogP contribution in [0.3, 0.4) is 0 Å². The molecule has 0 radical (unpaired) electrons. The van der Waals surface area contributed by atoms with Crippen LogP contribution < -0.4 is 22.1 Å². The highest BCUT2D eigenvalue weighted by molar-refractivity contribution is 5.36. The molecule has 0 aliphatic carbocycles. The van der Waals surface area contributed by atoms with Crippen molar-refractivity contribution < 1.29 is 5.11 Å². The quantitative estimate of drug-likeness (QED) is 0.451. The monoisotopic (exact) mass is 240 g/mol. The van der Waals surface area contributed by atoms with E-state index in [2.05, 4.69) is 17.1 Å². The zero-order valence-electron chi connectivity index (χ0n) is 10.2. The van der Waals surface area contributed by atoms with Gasteiger partial charge in [0.1, 0.15) is 0 Å².